The van der Waals surface area contributed by atoms with Crippen LogP contribution in [0.3, 0.4) is 0 Å². The zero-order valence-corrected chi connectivity index (χ0v) is 20.0. The fraction of sp³-hybridized carbons (Fsp3) is 0.280. The molecule has 9 heteroatoms. The number of ether oxygens (including phenoxy) is 1. The molecule has 0 spiro atoms. The number of halogens is 2. The quantitative estimate of drug-likeness (QED) is 0.389. The van der Waals surface area contributed by atoms with E-state index in [0.717, 1.165) is 11.1 Å². The summed E-state index contributed by atoms with van der Waals surface area (Å²) in [4.78, 5) is 0. The third kappa shape index (κ3) is 9.96. The Labute approximate surface area is 199 Å². The average molecular weight is 493 g/mol. The highest BCUT2D eigenvalue weighted by atomic mass is 32.2. The number of nitrogens with two attached hydrogens (primary N) is 1. The average Bonchev–Trinajstić information content (AvgIpc) is 2.78. The topological polar surface area (TPSA) is 102 Å². The van der Waals surface area contributed by atoms with Gasteiger partial charge in [0.15, 0.2) is 0 Å². The van der Waals surface area contributed by atoms with Crippen molar-refractivity contribution in [3.05, 3.63) is 101 Å². The fourth-order valence-corrected chi connectivity index (χ4v) is 3.02. The van der Waals surface area contributed by atoms with Crippen LogP contribution in [0.4, 0.5) is 8.78 Å². The number of benzene rings is 3. The highest BCUT2D eigenvalue weighted by Gasteiger charge is 2.11. The van der Waals surface area contributed by atoms with Gasteiger partial charge in [0.25, 0.3) is 10.1 Å². The van der Waals surface area contributed by atoms with E-state index in [4.69, 9.17) is 15.0 Å². The first-order valence-electron chi connectivity index (χ1n) is 10.6. The van der Waals surface area contributed by atoms with E-state index < -0.39 is 10.1 Å². The number of rotatable bonds is 9. The number of nitrogens with one attached hydrogen (secondary N) is 1. The third-order valence-electron chi connectivity index (χ3n) is 4.81. The Balaban J connectivity index is 0.000000739. The first-order chi connectivity index (χ1) is 16.1. The van der Waals surface area contributed by atoms with Gasteiger partial charge in [-0.2, -0.15) is 8.42 Å². The molecule has 0 aromatic heterocycles. The van der Waals surface area contributed by atoms with E-state index in [2.05, 4.69) is 5.32 Å². The SMILES string of the molecule is CS(=O)(=O)O.C[C@@H](CN)NCc1ccc(OCc2ccccc2F)c(Cc2ccccc2F)c1. The van der Waals surface area contributed by atoms with Gasteiger partial charge in [0.2, 0.25) is 0 Å². The van der Waals surface area contributed by atoms with Crippen LogP contribution in [-0.2, 0) is 29.7 Å². The molecular weight excluding hydrogens is 462 g/mol. The summed E-state index contributed by atoms with van der Waals surface area (Å²) in [6.07, 6.45) is 1.10. The van der Waals surface area contributed by atoms with Crippen molar-refractivity contribution in [1.29, 1.82) is 0 Å². The molecule has 0 unspecified atom stereocenters. The van der Waals surface area contributed by atoms with Gasteiger partial charge in [-0.1, -0.05) is 48.5 Å². The summed E-state index contributed by atoms with van der Waals surface area (Å²) in [7, 11) is -3.67. The summed E-state index contributed by atoms with van der Waals surface area (Å²) in [5.74, 6) is 0.0553. The molecular formula is C25H30F2N2O4S. The van der Waals surface area contributed by atoms with Gasteiger partial charge in [0.1, 0.15) is 24.0 Å². The molecule has 3 aromatic rings. The lowest BCUT2D eigenvalue weighted by atomic mass is 10.0. The van der Waals surface area contributed by atoms with E-state index in [0.29, 0.717) is 42.6 Å². The second-order valence-corrected chi connectivity index (χ2v) is 9.31. The molecule has 0 saturated heterocycles. The maximum Gasteiger partial charge on any atom is 0.261 e. The number of hydrogen-bond acceptors (Lipinski definition) is 5. The summed E-state index contributed by atoms with van der Waals surface area (Å²) in [6, 6.07) is 19.2. The fourth-order valence-electron chi connectivity index (χ4n) is 3.02. The Morgan fingerprint density at radius 1 is 0.971 bits per heavy atom. The second-order valence-electron chi connectivity index (χ2n) is 7.84. The van der Waals surface area contributed by atoms with Crippen molar-refractivity contribution in [2.45, 2.75) is 32.5 Å². The first-order valence-corrected chi connectivity index (χ1v) is 12.5. The van der Waals surface area contributed by atoms with Gasteiger partial charge in [-0.3, -0.25) is 4.55 Å². The van der Waals surface area contributed by atoms with Crippen molar-refractivity contribution >= 4 is 10.1 Å². The second kappa shape index (κ2) is 13.1. The van der Waals surface area contributed by atoms with Crippen LogP contribution < -0.4 is 15.8 Å². The molecule has 0 heterocycles. The smallest absolute Gasteiger partial charge is 0.261 e. The molecule has 34 heavy (non-hydrogen) atoms. The zero-order chi connectivity index (χ0) is 25.1. The van der Waals surface area contributed by atoms with Gasteiger partial charge in [-0.05, 0) is 41.8 Å². The summed E-state index contributed by atoms with van der Waals surface area (Å²) >= 11 is 0. The van der Waals surface area contributed by atoms with Crippen LogP contribution in [0.2, 0.25) is 0 Å². The normalized spacial score (nSPS) is 11.9. The maximum absolute atomic E-state index is 14.2. The largest absolute Gasteiger partial charge is 0.489 e. The molecule has 0 aliphatic carbocycles. The monoisotopic (exact) mass is 492 g/mol. The van der Waals surface area contributed by atoms with Gasteiger partial charge in [0, 0.05) is 31.1 Å². The lowest BCUT2D eigenvalue weighted by Crippen LogP contribution is -2.32. The van der Waals surface area contributed by atoms with Crippen molar-refractivity contribution in [2.24, 2.45) is 5.73 Å². The standard InChI is InChI=1S/C24H26F2N2O.CH4O3S/c1-17(14-27)28-15-18-10-11-24(29-16-20-7-3-5-9-23(20)26)21(12-18)13-19-6-2-4-8-22(19)25;1-5(2,3)4/h2-12,17,28H,13-16,27H2,1H3;1H3,(H,2,3,4)/t17-;/m0./s1. The van der Waals surface area contributed by atoms with Gasteiger partial charge in [-0.15, -0.1) is 0 Å². The van der Waals surface area contributed by atoms with E-state index in [1.165, 1.54) is 12.1 Å². The molecule has 6 nitrogen and oxygen atoms in total. The van der Waals surface area contributed by atoms with Crippen molar-refractivity contribution < 1.29 is 26.5 Å². The molecule has 0 bridgehead atoms. The molecule has 0 aliphatic rings. The van der Waals surface area contributed by atoms with Gasteiger partial charge >= 0.3 is 0 Å². The van der Waals surface area contributed by atoms with Crippen LogP contribution in [0.25, 0.3) is 0 Å². The van der Waals surface area contributed by atoms with Crippen molar-refractivity contribution in [1.82, 2.24) is 5.32 Å². The Kier molecular flexibility index (Phi) is 10.6. The van der Waals surface area contributed by atoms with E-state index >= 15 is 0 Å². The zero-order valence-electron chi connectivity index (χ0n) is 19.2. The van der Waals surface area contributed by atoms with Crippen LogP contribution in [0.1, 0.15) is 29.2 Å². The molecule has 3 rings (SSSR count). The summed E-state index contributed by atoms with van der Waals surface area (Å²) in [5, 5.41) is 3.35. The minimum atomic E-state index is -3.67. The molecule has 0 radical (unpaired) electrons. The van der Waals surface area contributed by atoms with Crippen molar-refractivity contribution in [2.75, 3.05) is 12.8 Å². The first kappa shape index (κ1) is 27.4. The molecule has 0 saturated carbocycles. The highest BCUT2D eigenvalue weighted by Crippen LogP contribution is 2.26. The minimum absolute atomic E-state index is 0.110. The highest BCUT2D eigenvalue weighted by molar-refractivity contribution is 7.85. The number of hydrogen-bond donors (Lipinski definition) is 3. The van der Waals surface area contributed by atoms with Gasteiger partial charge in [-0.25, -0.2) is 8.78 Å². The summed E-state index contributed by atoms with van der Waals surface area (Å²) < 4.78 is 59.9. The molecule has 1 atom stereocenters. The van der Waals surface area contributed by atoms with E-state index in [9.17, 15) is 17.2 Å². The summed E-state index contributed by atoms with van der Waals surface area (Å²) in [5.41, 5.74) is 8.63. The molecule has 3 aromatic carbocycles. The maximum atomic E-state index is 14.2. The van der Waals surface area contributed by atoms with E-state index in [1.54, 1.807) is 30.3 Å². The van der Waals surface area contributed by atoms with Gasteiger partial charge in [0.05, 0.1) is 6.26 Å². The van der Waals surface area contributed by atoms with E-state index in [1.807, 2.05) is 31.2 Å². The minimum Gasteiger partial charge on any atom is -0.489 e. The van der Waals surface area contributed by atoms with Crippen LogP contribution >= 0.6 is 0 Å². The predicted molar refractivity (Wildman–Crippen MR) is 129 cm³/mol. The van der Waals surface area contributed by atoms with Crippen LogP contribution in [0, 0.1) is 11.6 Å². The Bertz CT molecular complexity index is 1170. The third-order valence-corrected chi connectivity index (χ3v) is 4.81. The van der Waals surface area contributed by atoms with Crippen LogP contribution in [-0.4, -0.2) is 31.8 Å². The molecule has 184 valence electrons. The van der Waals surface area contributed by atoms with Crippen molar-refractivity contribution in [3.8, 4) is 5.75 Å². The van der Waals surface area contributed by atoms with Gasteiger partial charge < -0.3 is 15.8 Å². The molecule has 0 aliphatic heterocycles. The van der Waals surface area contributed by atoms with Crippen molar-refractivity contribution in [3.63, 3.8) is 0 Å². The predicted octanol–water partition coefficient (Wildman–Crippen LogP) is 4.08. The summed E-state index contributed by atoms with van der Waals surface area (Å²) in [6.45, 7) is 3.33. The lowest BCUT2D eigenvalue weighted by molar-refractivity contribution is 0.297. The Hall–Kier alpha value is -2.85. The molecule has 4 N–H and O–H groups in total. The van der Waals surface area contributed by atoms with Crippen LogP contribution in [0.15, 0.2) is 66.7 Å². The Morgan fingerprint density at radius 2 is 1.53 bits per heavy atom. The molecule has 0 fully saturated rings. The Morgan fingerprint density at radius 3 is 2.09 bits per heavy atom. The van der Waals surface area contributed by atoms with Crippen LogP contribution in [0.5, 0.6) is 5.75 Å². The lowest BCUT2D eigenvalue weighted by Gasteiger charge is -2.16. The molecule has 0 amide bonds. The van der Waals surface area contributed by atoms with E-state index in [-0.39, 0.29) is 24.3 Å².